The summed E-state index contributed by atoms with van der Waals surface area (Å²) in [6, 6.07) is 6.23. The number of imide groups is 1. The third kappa shape index (κ3) is 3.73. The van der Waals surface area contributed by atoms with E-state index in [4.69, 9.17) is 0 Å². The highest BCUT2D eigenvalue weighted by atomic mass is 16.2. The molecule has 1 aliphatic carbocycles. The van der Waals surface area contributed by atoms with Gasteiger partial charge in [-0.3, -0.25) is 14.5 Å². The maximum Gasteiger partial charge on any atom is 0.278 e. The highest BCUT2D eigenvalue weighted by Crippen LogP contribution is 2.37. The van der Waals surface area contributed by atoms with Crippen LogP contribution in [0.25, 0.3) is 5.57 Å². The fraction of sp³-hybridized carbons (Fsp3) is 0.583. The van der Waals surface area contributed by atoms with Crippen LogP contribution >= 0.6 is 0 Å². The Hall–Kier alpha value is -2.14. The van der Waals surface area contributed by atoms with Crippen molar-refractivity contribution in [3.8, 4) is 0 Å². The average Bonchev–Trinajstić information content (AvgIpc) is 2.99. The first kappa shape index (κ1) is 20.1. The van der Waals surface area contributed by atoms with Gasteiger partial charge in [0.2, 0.25) is 0 Å². The zero-order valence-corrected chi connectivity index (χ0v) is 18.0. The maximum absolute atomic E-state index is 13.6. The number of rotatable bonds is 4. The van der Waals surface area contributed by atoms with Crippen molar-refractivity contribution >= 4 is 17.4 Å². The molecule has 1 aromatic rings. The predicted molar refractivity (Wildman–Crippen MR) is 115 cm³/mol. The molecule has 0 radical (unpaired) electrons. The predicted octanol–water partition coefficient (Wildman–Crippen LogP) is 3.35. The first-order chi connectivity index (χ1) is 14.0. The quantitative estimate of drug-likeness (QED) is 0.734. The van der Waals surface area contributed by atoms with E-state index in [1.165, 1.54) is 12.0 Å². The normalized spacial score (nSPS) is 22.2. The van der Waals surface area contributed by atoms with Gasteiger partial charge in [-0.2, -0.15) is 0 Å². The second-order valence-corrected chi connectivity index (χ2v) is 8.74. The molecule has 0 atom stereocenters. The minimum atomic E-state index is -0.0817. The average molecular weight is 396 g/mol. The van der Waals surface area contributed by atoms with E-state index in [1.54, 1.807) is 4.90 Å². The molecule has 0 bridgehead atoms. The molecule has 1 aromatic carbocycles. The molecule has 2 heterocycles. The van der Waals surface area contributed by atoms with Gasteiger partial charge in [-0.25, -0.2) is 0 Å². The number of benzene rings is 1. The van der Waals surface area contributed by atoms with Crippen molar-refractivity contribution in [2.75, 3.05) is 32.7 Å². The van der Waals surface area contributed by atoms with Crippen LogP contribution in [0.3, 0.4) is 0 Å². The molecule has 4 rings (SSSR count). The molecule has 156 valence electrons. The second-order valence-electron chi connectivity index (χ2n) is 8.74. The van der Waals surface area contributed by atoms with Gasteiger partial charge >= 0.3 is 0 Å². The van der Waals surface area contributed by atoms with Gasteiger partial charge in [0, 0.05) is 32.2 Å². The zero-order chi connectivity index (χ0) is 20.5. The van der Waals surface area contributed by atoms with Crippen molar-refractivity contribution in [2.24, 2.45) is 0 Å². The third-order valence-electron chi connectivity index (χ3n) is 6.82. The standard InChI is InChI=1S/C24H33N3O2/c1-4-25-12-14-26(15-13-25)22-21(20-11-10-17(2)16-18(20)3)23(28)27(24(22)29)19-8-6-5-7-9-19/h10-11,16,19H,4-9,12-15H2,1-3H3. The molecule has 0 N–H and O–H groups in total. The van der Waals surface area contributed by atoms with E-state index in [0.717, 1.165) is 69.5 Å². The Labute approximate surface area is 174 Å². The molecule has 29 heavy (non-hydrogen) atoms. The van der Waals surface area contributed by atoms with E-state index in [1.807, 2.05) is 19.1 Å². The molecule has 1 saturated carbocycles. The van der Waals surface area contributed by atoms with Crippen molar-refractivity contribution in [2.45, 2.75) is 58.9 Å². The van der Waals surface area contributed by atoms with Crippen molar-refractivity contribution in [1.82, 2.24) is 14.7 Å². The first-order valence-electron chi connectivity index (χ1n) is 11.2. The Morgan fingerprint density at radius 1 is 0.931 bits per heavy atom. The molecule has 2 amide bonds. The molecule has 2 fully saturated rings. The summed E-state index contributed by atoms with van der Waals surface area (Å²) in [4.78, 5) is 33.4. The Morgan fingerprint density at radius 2 is 1.62 bits per heavy atom. The molecule has 1 saturated heterocycles. The Bertz CT molecular complexity index is 831. The number of carbonyl (C=O) groups is 2. The summed E-state index contributed by atoms with van der Waals surface area (Å²) in [5, 5.41) is 0. The minimum absolute atomic E-state index is 0.0546. The van der Waals surface area contributed by atoms with Gasteiger partial charge in [0.05, 0.1) is 5.57 Å². The molecule has 0 unspecified atom stereocenters. The van der Waals surface area contributed by atoms with Crippen LogP contribution in [-0.4, -0.2) is 65.3 Å². The number of likely N-dealkylation sites (N-methyl/N-ethyl adjacent to an activating group) is 1. The molecule has 5 nitrogen and oxygen atoms in total. The lowest BCUT2D eigenvalue weighted by Crippen LogP contribution is -2.48. The van der Waals surface area contributed by atoms with Gasteiger partial charge in [-0.15, -0.1) is 0 Å². The number of carbonyl (C=O) groups excluding carboxylic acids is 2. The molecule has 0 spiro atoms. The molecule has 2 aliphatic heterocycles. The topological polar surface area (TPSA) is 43.9 Å². The van der Waals surface area contributed by atoms with Crippen LogP contribution in [0.4, 0.5) is 0 Å². The lowest BCUT2D eigenvalue weighted by molar-refractivity contribution is -0.141. The third-order valence-corrected chi connectivity index (χ3v) is 6.82. The number of piperazine rings is 1. The van der Waals surface area contributed by atoms with Crippen molar-refractivity contribution in [3.63, 3.8) is 0 Å². The maximum atomic E-state index is 13.6. The van der Waals surface area contributed by atoms with Gasteiger partial charge in [0.25, 0.3) is 11.8 Å². The summed E-state index contributed by atoms with van der Waals surface area (Å²) >= 11 is 0. The van der Waals surface area contributed by atoms with E-state index in [0.29, 0.717) is 11.3 Å². The Morgan fingerprint density at radius 3 is 2.24 bits per heavy atom. The van der Waals surface area contributed by atoms with Crippen LogP contribution in [0.15, 0.2) is 23.9 Å². The van der Waals surface area contributed by atoms with Gasteiger partial charge in [-0.1, -0.05) is 49.9 Å². The van der Waals surface area contributed by atoms with Crippen LogP contribution in [0.5, 0.6) is 0 Å². The lowest BCUT2D eigenvalue weighted by atomic mass is 9.94. The summed E-state index contributed by atoms with van der Waals surface area (Å²) in [6.07, 6.45) is 5.29. The second kappa shape index (κ2) is 8.31. The molecule has 5 heteroatoms. The number of nitrogens with zero attached hydrogens (tertiary/aromatic N) is 3. The van der Waals surface area contributed by atoms with Crippen molar-refractivity contribution in [1.29, 1.82) is 0 Å². The van der Waals surface area contributed by atoms with Crippen LogP contribution in [0, 0.1) is 13.8 Å². The summed E-state index contributed by atoms with van der Waals surface area (Å²) < 4.78 is 0. The molecular weight excluding hydrogens is 362 g/mol. The van der Waals surface area contributed by atoms with Crippen LogP contribution in [0.1, 0.15) is 55.7 Å². The lowest BCUT2D eigenvalue weighted by Gasteiger charge is -2.36. The number of amides is 2. The summed E-state index contributed by atoms with van der Waals surface area (Å²) in [7, 11) is 0. The fourth-order valence-corrected chi connectivity index (χ4v) is 5.12. The Kier molecular flexibility index (Phi) is 5.77. The number of aryl methyl sites for hydroxylation is 2. The van der Waals surface area contributed by atoms with Gasteiger partial charge in [-0.05, 0) is 44.4 Å². The van der Waals surface area contributed by atoms with E-state index in [9.17, 15) is 9.59 Å². The molecular formula is C24H33N3O2. The summed E-state index contributed by atoms with van der Waals surface area (Å²) in [6.45, 7) is 10.8. The SMILES string of the molecule is CCN1CCN(C2=C(c3ccc(C)cc3C)C(=O)N(C3CCCCC3)C2=O)CC1. The monoisotopic (exact) mass is 395 g/mol. The van der Waals surface area contributed by atoms with Crippen molar-refractivity contribution in [3.05, 3.63) is 40.6 Å². The highest BCUT2D eigenvalue weighted by Gasteiger charge is 2.45. The van der Waals surface area contributed by atoms with E-state index >= 15 is 0 Å². The first-order valence-corrected chi connectivity index (χ1v) is 11.2. The zero-order valence-electron chi connectivity index (χ0n) is 18.0. The largest absolute Gasteiger partial charge is 0.364 e. The van der Waals surface area contributed by atoms with Gasteiger partial charge in [0.1, 0.15) is 5.70 Å². The van der Waals surface area contributed by atoms with Crippen molar-refractivity contribution < 1.29 is 9.59 Å². The van der Waals surface area contributed by atoms with Crippen LogP contribution in [0.2, 0.25) is 0 Å². The van der Waals surface area contributed by atoms with Crippen LogP contribution in [-0.2, 0) is 9.59 Å². The van der Waals surface area contributed by atoms with E-state index < -0.39 is 0 Å². The van der Waals surface area contributed by atoms with E-state index in [2.05, 4.69) is 29.7 Å². The Balaban J connectivity index is 1.74. The van der Waals surface area contributed by atoms with Gasteiger partial charge < -0.3 is 9.80 Å². The van der Waals surface area contributed by atoms with Gasteiger partial charge in [0.15, 0.2) is 0 Å². The summed E-state index contributed by atoms with van der Waals surface area (Å²) in [5.41, 5.74) is 4.42. The van der Waals surface area contributed by atoms with Crippen LogP contribution < -0.4 is 0 Å². The summed E-state index contributed by atoms with van der Waals surface area (Å²) in [5.74, 6) is -0.149. The molecule has 3 aliphatic rings. The fourth-order valence-electron chi connectivity index (χ4n) is 5.12. The number of hydrogen-bond donors (Lipinski definition) is 0. The van der Waals surface area contributed by atoms with E-state index in [-0.39, 0.29) is 17.9 Å². The highest BCUT2D eigenvalue weighted by molar-refractivity contribution is 6.36. The minimum Gasteiger partial charge on any atom is -0.364 e. The molecule has 0 aromatic heterocycles. The number of hydrogen-bond acceptors (Lipinski definition) is 4. The smallest absolute Gasteiger partial charge is 0.278 e.